The Morgan fingerprint density at radius 2 is 1.45 bits per heavy atom. The van der Waals surface area contributed by atoms with Crippen molar-refractivity contribution in [2.24, 2.45) is 11.8 Å². The fourth-order valence-corrected chi connectivity index (χ4v) is 4.76. The van der Waals surface area contributed by atoms with Crippen LogP contribution in [0.3, 0.4) is 0 Å². The lowest BCUT2D eigenvalue weighted by Gasteiger charge is -2.18. The van der Waals surface area contributed by atoms with E-state index in [1.54, 1.807) is 18.2 Å². The average Bonchev–Trinajstić information content (AvgIpc) is 2.94. The molecule has 38 heavy (non-hydrogen) atoms. The monoisotopic (exact) mass is 532 g/mol. The van der Waals surface area contributed by atoms with Crippen LogP contribution in [0.4, 0.5) is 0 Å². The molecule has 200 valence electrons. The molecular formula is C31H36N2O4S. The summed E-state index contributed by atoms with van der Waals surface area (Å²) in [5.74, 6) is -0.983. The van der Waals surface area contributed by atoms with Gasteiger partial charge in [-0.15, -0.1) is 0 Å². The number of carboxylic acids is 1. The molecule has 0 radical (unpaired) electrons. The van der Waals surface area contributed by atoms with Crippen LogP contribution in [0.5, 0.6) is 0 Å². The number of carbonyl (C=O) groups is 3. The highest BCUT2D eigenvalue weighted by atomic mass is 32.1. The van der Waals surface area contributed by atoms with Crippen molar-refractivity contribution in [3.63, 3.8) is 0 Å². The zero-order valence-electron chi connectivity index (χ0n) is 21.7. The Hall–Kier alpha value is -3.58. The number of carbonyl (C=O) groups excluding carboxylic acids is 2. The molecule has 0 aliphatic carbocycles. The molecule has 6 nitrogen and oxygen atoms in total. The van der Waals surface area contributed by atoms with Crippen LogP contribution in [-0.2, 0) is 22.6 Å². The van der Waals surface area contributed by atoms with Crippen LogP contribution >= 0.6 is 12.6 Å². The highest BCUT2D eigenvalue weighted by Gasteiger charge is 2.20. The predicted molar refractivity (Wildman–Crippen MR) is 154 cm³/mol. The van der Waals surface area contributed by atoms with E-state index in [4.69, 9.17) is 0 Å². The van der Waals surface area contributed by atoms with Crippen LogP contribution < -0.4 is 10.6 Å². The molecule has 7 heteroatoms. The molecule has 3 aromatic carbocycles. The third-order valence-electron chi connectivity index (χ3n) is 6.61. The molecule has 0 aliphatic rings. The molecular weight excluding hydrogens is 496 g/mol. The lowest BCUT2D eigenvalue weighted by atomic mass is 9.97. The van der Waals surface area contributed by atoms with E-state index in [1.165, 1.54) is 0 Å². The Kier molecular flexibility index (Phi) is 11.4. The number of amides is 2. The van der Waals surface area contributed by atoms with Gasteiger partial charge in [0.15, 0.2) is 0 Å². The van der Waals surface area contributed by atoms with E-state index in [-0.39, 0.29) is 29.2 Å². The summed E-state index contributed by atoms with van der Waals surface area (Å²) in [6, 6.07) is 24.3. The Morgan fingerprint density at radius 1 is 0.789 bits per heavy atom. The smallest absolute Gasteiger partial charge is 0.336 e. The largest absolute Gasteiger partial charge is 0.478 e. The summed E-state index contributed by atoms with van der Waals surface area (Å²) in [5, 5.41) is 15.5. The maximum Gasteiger partial charge on any atom is 0.336 e. The molecule has 0 bridgehead atoms. The van der Waals surface area contributed by atoms with Gasteiger partial charge in [-0.3, -0.25) is 9.59 Å². The topological polar surface area (TPSA) is 95.5 Å². The Morgan fingerprint density at radius 3 is 2.11 bits per heavy atom. The van der Waals surface area contributed by atoms with Crippen molar-refractivity contribution < 1.29 is 19.5 Å². The lowest BCUT2D eigenvalue weighted by molar-refractivity contribution is -0.127. The molecule has 0 saturated carbocycles. The van der Waals surface area contributed by atoms with Gasteiger partial charge in [0.1, 0.15) is 0 Å². The second kappa shape index (κ2) is 15.0. The Balaban J connectivity index is 1.50. The zero-order chi connectivity index (χ0) is 27.3. The van der Waals surface area contributed by atoms with Crippen molar-refractivity contribution in [3.05, 3.63) is 95.6 Å². The van der Waals surface area contributed by atoms with Crippen molar-refractivity contribution in [1.82, 2.24) is 10.6 Å². The van der Waals surface area contributed by atoms with Crippen molar-refractivity contribution >= 4 is 30.4 Å². The van der Waals surface area contributed by atoms with Crippen LogP contribution in [0.15, 0.2) is 78.9 Å². The molecule has 3 rings (SSSR count). The van der Waals surface area contributed by atoms with Gasteiger partial charge in [0.25, 0.3) is 0 Å². The first-order valence-electron chi connectivity index (χ1n) is 13.0. The molecule has 0 saturated heterocycles. The number of hydrogen-bond donors (Lipinski definition) is 4. The van der Waals surface area contributed by atoms with Crippen LogP contribution in [-0.4, -0.2) is 35.2 Å². The fraction of sp³-hybridized carbons (Fsp3) is 0.323. The third kappa shape index (κ3) is 8.48. The van der Waals surface area contributed by atoms with E-state index < -0.39 is 5.97 Å². The summed E-state index contributed by atoms with van der Waals surface area (Å²) in [7, 11) is 0. The second-order valence-electron chi connectivity index (χ2n) is 9.40. The number of carboxylic acid groups (broad SMARTS) is 1. The summed E-state index contributed by atoms with van der Waals surface area (Å²) in [6.07, 6.45) is 2.82. The maximum absolute atomic E-state index is 12.9. The van der Waals surface area contributed by atoms with Gasteiger partial charge in [-0.05, 0) is 47.6 Å². The number of rotatable bonds is 14. The van der Waals surface area contributed by atoms with Crippen molar-refractivity contribution in [2.75, 3.05) is 12.3 Å². The highest BCUT2D eigenvalue weighted by molar-refractivity contribution is 7.80. The summed E-state index contributed by atoms with van der Waals surface area (Å²) < 4.78 is 0. The number of thiol groups is 1. The first kappa shape index (κ1) is 29.0. The lowest BCUT2D eigenvalue weighted by Crippen LogP contribution is -2.36. The standard InChI is InChI=1S/C31H36N2O4S/c1-2-8-25(17-18-32-30(35)26(21-38)19-22-9-4-3-5-10-22)29(34)33-20-23-13-15-24(16-14-23)27-11-6-7-12-28(27)31(36)37/h3-7,9-16,25-26,38H,2,8,17-21H2,1H3,(H,32,35)(H,33,34)(H,36,37). The predicted octanol–water partition coefficient (Wildman–Crippen LogP) is 5.38. The van der Waals surface area contributed by atoms with E-state index in [0.29, 0.717) is 37.2 Å². The number of benzene rings is 3. The van der Waals surface area contributed by atoms with E-state index in [1.807, 2.05) is 67.6 Å². The minimum atomic E-state index is -0.965. The van der Waals surface area contributed by atoms with Crippen LogP contribution in [0.2, 0.25) is 0 Å². The minimum absolute atomic E-state index is 0.0311. The van der Waals surface area contributed by atoms with Gasteiger partial charge >= 0.3 is 5.97 Å². The fourth-order valence-electron chi connectivity index (χ4n) is 4.46. The molecule has 0 fully saturated rings. The van der Waals surface area contributed by atoms with Crippen molar-refractivity contribution in [1.29, 1.82) is 0 Å². The molecule has 0 aliphatic heterocycles. The molecule has 3 N–H and O–H groups in total. The van der Waals surface area contributed by atoms with Crippen molar-refractivity contribution in [2.45, 2.75) is 39.2 Å². The molecule has 0 spiro atoms. The van der Waals surface area contributed by atoms with Crippen LogP contribution in [0, 0.1) is 11.8 Å². The first-order chi connectivity index (χ1) is 18.4. The van der Waals surface area contributed by atoms with Gasteiger partial charge < -0.3 is 15.7 Å². The van der Waals surface area contributed by atoms with Gasteiger partial charge in [-0.2, -0.15) is 12.6 Å². The van der Waals surface area contributed by atoms with Gasteiger partial charge in [-0.1, -0.05) is 86.1 Å². The highest BCUT2D eigenvalue weighted by Crippen LogP contribution is 2.24. The SMILES string of the molecule is CCCC(CCNC(=O)C(CS)Cc1ccccc1)C(=O)NCc1ccc(-c2ccccc2C(=O)O)cc1. The van der Waals surface area contributed by atoms with Gasteiger partial charge in [0, 0.05) is 24.8 Å². The van der Waals surface area contributed by atoms with E-state index in [0.717, 1.165) is 29.5 Å². The summed E-state index contributed by atoms with van der Waals surface area (Å²) in [4.78, 5) is 37.1. The van der Waals surface area contributed by atoms with Crippen LogP contribution in [0.25, 0.3) is 11.1 Å². The van der Waals surface area contributed by atoms with E-state index in [2.05, 4.69) is 23.3 Å². The summed E-state index contributed by atoms with van der Waals surface area (Å²) >= 11 is 4.37. The molecule has 2 atom stereocenters. The van der Waals surface area contributed by atoms with Gasteiger partial charge in [-0.25, -0.2) is 4.79 Å². The van der Waals surface area contributed by atoms with Crippen molar-refractivity contribution in [3.8, 4) is 11.1 Å². The van der Waals surface area contributed by atoms with Crippen LogP contribution in [0.1, 0.15) is 47.7 Å². The molecule has 0 aromatic heterocycles. The minimum Gasteiger partial charge on any atom is -0.478 e. The Labute approximate surface area is 230 Å². The quantitative estimate of drug-likeness (QED) is 0.210. The molecule has 2 amide bonds. The number of aromatic carboxylic acids is 1. The molecule has 0 heterocycles. The Bertz CT molecular complexity index is 1200. The summed E-state index contributed by atoms with van der Waals surface area (Å²) in [6.45, 7) is 2.86. The van der Waals surface area contributed by atoms with E-state index in [9.17, 15) is 19.5 Å². The van der Waals surface area contributed by atoms with Gasteiger partial charge in [0.2, 0.25) is 11.8 Å². The van der Waals surface area contributed by atoms with E-state index >= 15 is 0 Å². The normalized spacial score (nSPS) is 12.4. The third-order valence-corrected chi connectivity index (χ3v) is 7.05. The number of nitrogens with one attached hydrogen (secondary N) is 2. The van der Waals surface area contributed by atoms with Gasteiger partial charge in [0.05, 0.1) is 11.5 Å². The molecule has 3 aromatic rings. The average molecular weight is 533 g/mol. The number of hydrogen-bond acceptors (Lipinski definition) is 4. The first-order valence-corrected chi connectivity index (χ1v) is 13.7. The molecule has 2 unspecified atom stereocenters. The second-order valence-corrected chi connectivity index (χ2v) is 9.77. The maximum atomic E-state index is 12.9. The summed E-state index contributed by atoms with van der Waals surface area (Å²) in [5.41, 5.74) is 3.75. The zero-order valence-corrected chi connectivity index (χ0v) is 22.6.